The van der Waals surface area contributed by atoms with Gasteiger partial charge in [0.05, 0.1) is 5.69 Å². The van der Waals surface area contributed by atoms with Crippen molar-refractivity contribution in [1.29, 1.82) is 0 Å². The molecule has 3 aromatic carbocycles. The number of pyridine rings is 1. The Morgan fingerprint density at radius 3 is 2.57 bits per heavy atom. The second-order valence-electron chi connectivity index (χ2n) is 6.94. The van der Waals surface area contributed by atoms with Gasteiger partial charge in [0.25, 0.3) is 0 Å². The summed E-state index contributed by atoms with van der Waals surface area (Å²) in [5.74, 6) is 0.490. The lowest BCUT2D eigenvalue weighted by Crippen LogP contribution is -1.99. The third-order valence-electron chi connectivity index (χ3n) is 5.10. The summed E-state index contributed by atoms with van der Waals surface area (Å²) < 4.78 is 6.03. The van der Waals surface area contributed by atoms with E-state index in [1.165, 1.54) is 4.80 Å². The summed E-state index contributed by atoms with van der Waals surface area (Å²) in [4.78, 5) is 5.82. The number of furan rings is 1. The van der Waals surface area contributed by atoms with Gasteiger partial charge in [0.2, 0.25) is 5.82 Å². The highest BCUT2D eigenvalue weighted by Crippen LogP contribution is 2.36. The predicted octanol–water partition coefficient (Wildman–Crippen LogP) is 5.29. The van der Waals surface area contributed by atoms with Crippen LogP contribution in [0.5, 0.6) is 0 Å². The summed E-state index contributed by atoms with van der Waals surface area (Å²) in [7, 11) is 0. The first-order valence-electron chi connectivity index (χ1n) is 9.59. The van der Waals surface area contributed by atoms with Crippen molar-refractivity contribution in [2.45, 2.75) is 0 Å². The number of tetrazole rings is 1. The van der Waals surface area contributed by atoms with Crippen LogP contribution in [0.3, 0.4) is 0 Å². The molecule has 0 atom stereocenters. The third-order valence-corrected chi connectivity index (χ3v) is 5.10. The first kappa shape index (κ1) is 16.6. The summed E-state index contributed by atoms with van der Waals surface area (Å²) in [6, 6.07) is 27.9. The van der Waals surface area contributed by atoms with Gasteiger partial charge in [-0.05, 0) is 52.7 Å². The Morgan fingerprint density at radius 2 is 1.63 bits per heavy atom. The van der Waals surface area contributed by atoms with Crippen LogP contribution in [0, 0.1) is 0 Å². The average molecular weight is 389 g/mol. The molecule has 0 spiro atoms. The van der Waals surface area contributed by atoms with Crippen LogP contribution in [0.15, 0.2) is 95.5 Å². The SMILES string of the molecule is c1ccc(-c2nnn(-c3cccc(-c4cccc5oc6ccccc6c45)c3)n2)nc1. The van der Waals surface area contributed by atoms with Crippen LogP contribution in [0.2, 0.25) is 0 Å². The Labute approximate surface area is 171 Å². The van der Waals surface area contributed by atoms with Crippen molar-refractivity contribution in [1.82, 2.24) is 25.2 Å². The van der Waals surface area contributed by atoms with E-state index >= 15 is 0 Å². The van der Waals surface area contributed by atoms with Gasteiger partial charge < -0.3 is 4.42 Å². The van der Waals surface area contributed by atoms with Crippen molar-refractivity contribution >= 4 is 21.9 Å². The van der Waals surface area contributed by atoms with Gasteiger partial charge in [0, 0.05) is 17.0 Å². The van der Waals surface area contributed by atoms with Crippen LogP contribution in [0.25, 0.3) is 50.3 Å². The number of benzene rings is 3. The molecule has 3 aromatic heterocycles. The van der Waals surface area contributed by atoms with Crippen molar-refractivity contribution in [2.24, 2.45) is 0 Å². The van der Waals surface area contributed by atoms with Crippen LogP contribution in [-0.2, 0) is 0 Å². The molecule has 6 heteroatoms. The van der Waals surface area contributed by atoms with Crippen LogP contribution < -0.4 is 0 Å². The first-order chi connectivity index (χ1) is 14.9. The smallest absolute Gasteiger partial charge is 0.223 e. The molecule has 0 saturated carbocycles. The molecule has 0 bridgehead atoms. The quantitative estimate of drug-likeness (QED) is 0.411. The van der Waals surface area contributed by atoms with Gasteiger partial charge in [-0.1, -0.05) is 48.5 Å². The highest BCUT2D eigenvalue weighted by molar-refractivity contribution is 6.12. The van der Waals surface area contributed by atoms with Crippen molar-refractivity contribution < 1.29 is 4.42 Å². The fourth-order valence-electron chi connectivity index (χ4n) is 3.73. The van der Waals surface area contributed by atoms with E-state index in [1.54, 1.807) is 6.20 Å². The van der Waals surface area contributed by atoms with Crippen LogP contribution in [0.4, 0.5) is 0 Å². The molecule has 0 radical (unpaired) electrons. The lowest BCUT2D eigenvalue weighted by atomic mass is 9.99. The highest BCUT2D eigenvalue weighted by Gasteiger charge is 2.13. The summed E-state index contributed by atoms with van der Waals surface area (Å²) in [6.45, 7) is 0. The number of nitrogens with zero attached hydrogens (tertiary/aromatic N) is 5. The number of para-hydroxylation sites is 1. The molecule has 6 aromatic rings. The van der Waals surface area contributed by atoms with Crippen molar-refractivity contribution in [2.75, 3.05) is 0 Å². The fourth-order valence-corrected chi connectivity index (χ4v) is 3.73. The molecule has 0 amide bonds. The number of rotatable bonds is 3. The summed E-state index contributed by atoms with van der Waals surface area (Å²) in [5, 5.41) is 15.1. The summed E-state index contributed by atoms with van der Waals surface area (Å²) >= 11 is 0. The van der Waals surface area contributed by atoms with Gasteiger partial charge in [-0.25, -0.2) is 0 Å². The second kappa shape index (κ2) is 6.63. The fraction of sp³-hybridized carbons (Fsp3) is 0. The molecular weight excluding hydrogens is 374 g/mol. The minimum atomic E-state index is 0.490. The molecule has 0 unspecified atom stereocenters. The maximum Gasteiger partial charge on any atom is 0.223 e. The van der Waals surface area contributed by atoms with E-state index in [9.17, 15) is 0 Å². The molecule has 0 N–H and O–H groups in total. The van der Waals surface area contributed by atoms with Crippen LogP contribution in [0.1, 0.15) is 0 Å². The largest absolute Gasteiger partial charge is 0.456 e. The zero-order chi connectivity index (χ0) is 19.9. The summed E-state index contributed by atoms with van der Waals surface area (Å²) in [6.07, 6.45) is 1.71. The maximum atomic E-state index is 6.03. The van der Waals surface area contributed by atoms with Crippen molar-refractivity contribution in [3.63, 3.8) is 0 Å². The van der Waals surface area contributed by atoms with E-state index < -0.39 is 0 Å². The highest BCUT2D eigenvalue weighted by atomic mass is 16.3. The monoisotopic (exact) mass is 389 g/mol. The molecule has 0 aliphatic carbocycles. The van der Waals surface area contributed by atoms with Gasteiger partial charge in [-0.3, -0.25) is 4.98 Å². The molecule has 0 aliphatic heterocycles. The molecule has 30 heavy (non-hydrogen) atoms. The van der Waals surface area contributed by atoms with E-state index in [4.69, 9.17) is 4.42 Å². The van der Waals surface area contributed by atoms with Gasteiger partial charge in [0.15, 0.2) is 0 Å². The average Bonchev–Trinajstić information content (AvgIpc) is 3.45. The molecular formula is C24H15N5O. The molecule has 142 valence electrons. The molecule has 0 fully saturated rings. The van der Waals surface area contributed by atoms with Crippen molar-refractivity contribution in [3.8, 4) is 28.3 Å². The number of fused-ring (bicyclic) bond motifs is 3. The van der Waals surface area contributed by atoms with Crippen LogP contribution in [-0.4, -0.2) is 25.2 Å². The van der Waals surface area contributed by atoms with Gasteiger partial charge >= 0.3 is 0 Å². The lowest BCUT2D eigenvalue weighted by Gasteiger charge is -2.06. The summed E-state index contributed by atoms with van der Waals surface area (Å²) in [5.41, 5.74) is 5.43. The molecule has 3 heterocycles. The number of aromatic nitrogens is 5. The van der Waals surface area contributed by atoms with E-state index in [0.29, 0.717) is 11.5 Å². The Morgan fingerprint density at radius 1 is 0.767 bits per heavy atom. The van der Waals surface area contributed by atoms with Gasteiger partial charge in [-0.15, -0.1) is 15.0 Å². The second-order valence-corrected chi connectivity index (χ2v) is 6.94. The topological polar surface area (TPSA) is 69.6 Å². The number of hydrogen-bond donors (Lipinski definition) is 0. The minimum Gasteiger partial charge on any atom is -0.456 e. The van der Waals surface area contributed by atoms with Crippen molar-refractivity contribution in [3.05, 3.63) is 91.1 Å². The van der Waals surface area contributed by atoms with Gasteiger partial charge in [0.1, 0.15) is 16.9 Å². The van der Waals surface area contributed by atoms with Gasteiger partial charge in [-0.2, -0.15) is 0 Å². The minimum absolute atomic E-state index is 0.490. The standard InChI is InChI=1S/C24H15N5O/c1-2-12-21-19(9-1)23-18(10-6-13-22(23)30-21)16-7-5-8-17(15-16)29-27-24(26-28-29)20-11-3-4-14-25-20/h1-15H. The predicted molar refractivity (Wildman–Crippen MR) is 115 cm³/mol. The molecule has 0 aliphatic rings. The zero-order valence-corrected chi connectivity index (χ0v) is 15.8. The lowest BCUT2D eigenvalue weighted by molar-refractivity contribution is 0.669. The Bertz CT molecular complexity index is 1500. The number of hydrogen-bond acceptors (Lipinski definition) is 5. The molecule has 6 rings (SSSR count). The van der Waals surface area contributed by atoms with Crippen LogP contribution >= 0.6 is 0 Å². The van der Waals surface area contributed by atoms with E-state index in [-0.39, 0.29) is 0 Å². The Kier molecular flexibility index (Phi) is 3.67. The maximum absolute atomic E-state index is 6.03. The normalized spacial score (nSPS) is 11.3. The van der Waals surface area contributed by atoms with E-state index in [0.717, 1.165) is 38.8 Å². The van der Waals surface area contributed by atoms with E-state index in [2.05, 4.69) is 44.7 Å². The molecule has 0 saturated heterocycles. The first-order valence-corrected chi connectivity index (χ1v) is 9.59. The zero-order valence-electron chi connectivity index (χ0n) is 15.8. The third kappa shape index (κ3) is 2.66. The molecule has 6 nitrogen and oxygen atoms in total. The Balaban J connectivity index is 1.48. The van der Waals surface area contributed by atoms with E-state index in [1.807, 2.05) is 60.7 Å². The Hall–Kier alpha value is -4.32.